The first-order chi connectivity index (χ1) is 15.1. The first-order valence-electron chi connectivity index (χ1n) is 10.4. The molecule has 1 aliphatic rings. The number of hydrogen-bond donors (Lipinski definition) is 5. The summed E-state index contributed by atoms with van der Waals surface area (Å²) < 4.78 is 5.95. The van der Waals surface area contributed by atoms with Crippen LogP contribution in [0.1, 0.15) is 67.6 Å². The maximum absolute atomic E-state index is 12.8. The highest BCUT2D eigenvalue weighted by Crippen LogP contribution is 2.48. The van der Waals surface area contributed by atoms with Gasteiger partial charge in [0, 0.05) is 23.8 Å². The summed E-state index contributed by atoms with van der Waals surface area (Å²) in [5.74, 6) is -2.24. The van der Waals surface area contributed by atoms with Crippen LogP contribution in [0.3, 0.4) is 0 Å². The van der Waals surface area contributed by atoms with Crippen molar-refractivity contribution in [3.63, 3.8) is 0 Å². The van der Waals surface area contributed by atoms with Gasteiger partial charge in [-0.25, -0.2) is 0 Å². The summed E-state index contributed by atoms with van der Waals surface area (Å²) >= 11 is 0. The lowest BCUT2D eigenvalue weighted by Gasteiger charge is -2.29. The number of Topliss-reactive ketones (excluding diaryl/α,β-unsaturated/α-hetero) is 1. The molecule has 3 rings (SSSR count). The van der Waals surface area contributed by atoms with Crippen molar-refractivity contribution in [3.05, 3.63) is 58.2 Å². The van der Waals surface area contributed by atoms with Crippen molar-refractivity contribution in [1.82, 2.24) is 0 Å². The number of phenols is 5. The number of benzene rings is 2. The zero-order chi connectivity index (χ0) is 23.6. The molecule has 0 amide bonds. The van der Waals surface area contributed by atoms with Crippen LogP contribution in [0, 0.1) is 0 Å². The molecule has 7 heteroatoms. The lowest BCUT2D eigenvalue weighted by molar-refractivity contribution is 0.0836. The van der Waals surface area contributed by atoms with Crippen molar-refractivity contribution < 1.29 is 35.1 Å². The van der Waals surface area contributed by atoms with Crippen LogP contribution in [0.2, 0.25) is 0 Å². The molecule has 0 radical (unpaired) electrons. The van der Waals surface area contributed by atoms with E-state index in [2.05, 4.69) is 6.08 Å². The van der Waals surface area contributed by atoms with Crippen LogP contribution in [0.15, 0.2) is 41.5 Å². The predicted molar refractivity (Wildman–Crippen MR) is 120 cm³/mol. The van der Waals surface area contributed by atoms with Crippen LogP contribution in [-0.2, 0) is 6.42 Å². The lowest BCUT2D eigenvalue weighted by Crippen LogP contribution is -2.22. The fourth-order valence-corrected chi connectivity index (χ4v) is 3.79. The van der Waals surface area contributed by atoms with Crippen molar-refractivity contribution in [2.24, 2.45) is 0 Å². The van der Waals surface area contributed by atoms with Gasteiger partial charge < -0.3 is 30.3 Å². The van der Waals surface area contributed by atoms with E-state index in [1.54, 1.807) is 0 Å². The zero-order valence-electron chi connectivity index (χ0n) is 18.3. The number of fused-ring (bicyclic) bond motifs is 1. The number of ether oxygens (including phenoxy) is 1. The van der Waals surface area contributed by atoms with Gasteiger partial charge in [0.15, 0.2) is 5.78 Å². The van der Waals surface area contributed by atoms with Gasteiger partial charge in [0.25, 0.3) is 0 Å². The molecule has 2 aromatic rings. The maximum Gasteiger partial charge on any atom is 0.174 e. The monoisotopic (exact) mass is 440 g/mol. The van der Waals surface area contributed by atoms with Crippen LogP contribution in [0.4, 0.5) is 0 Å². The first-order valence-corrected chi connectivity index (χ1v) is 10.4. The second kappa shape index (κ2) is 9.26. The van der Waals surface area contributed by atoms with Crippen LogP contribution >= 0.6 is 0 Å². The summed E-state index contributed by atoms with van der Waals surface area (Å²) in [6.07, 6.45) is 4.76. The first kappa shape index (κ1) is 23.1. The summed E-state index contributed by atoms with van der Waals surface area (Å²) in [5, 5.41) is 50.7. The highest BCUT2D eigenvalue weighted by atomic mass is 16.5. The Morgan fingerprint density at radius 2 is 1.62 bits per heavy atom. The second-order valence-corrected chi connectivity index (χ2v) is 8.30. The molecule has 0 bridgehead atoms. The summed E-state index contributed by atoms with van der Waals surface area (Å²) in [7, 11) is 0. The maximum atomic E-state index is 12.8. The fourth-order valence-electron chi connectivity index (χ4n) is 3.79. The Morgan fingerprint density at radius 1 is 0.969 bits per heavy atom. The largest absolute Gasteiger partial charge is 0.508 e. The SMILES string of the molecule is CC(C)=CCC/C(C)=C/Cc1c(O)cc(O)c2c1OC(c1c(O)cc(O)cc1O)CC2=O. The Labute approximate surface area is 186 Å². The van der Waals surface area contributed by atoms with Crippen molar-refractivity contribution in [2.75, 3.05) is 0 Å². The minimum absolute atomic E-state index is 0.0176. The molecule has 0 aliphatic carbocycles. The molecule has 0 fully saturated rings. The van der Waals surface area contributed by atoms with Gasteiger partial charge in [-0.2, -0.15) is 0 Å². The molecule has 1 atom stereocenters. The molecule has 1 unspecified atom stereocenters. The Hall–Kier alpha value is -3.61. The molecule has 5 N–H and O–H groups in total. The third kappa shape index (κ3) is 4.82. The van der Waals surface area contributed by atoms with Gasteiger partial charge in [-0.3, -0.25) is 4.79 Å². The minimum atomic E-state index is -1.06. The average Bonchev–Trinajstić information content (AvgIpc) is 2.66. The van der Waals surface area contributed by atoms with Gasteiger partial charge in [0.1, 0.15) is 46.2 Å². The molecule has 32 heavy (non-hydrogen) atoms. The van der Waals surface area contributed by atoms with Crippen LogP contribution in [0.25, 0.3) is 0 Å². The third-order valence-corrected chi connectivity index (χ3v) is 5.44. The third-order valence-electron chi connectivity index (χ3n) is 5.44. The van der Waals surface area contributed by atoms with Crippen LogP contribution < -0.4 is 4.74 Å². The van der Waals surface area contributed by atoms with E-state index in [-0.39, 0.29) is 41.2 Å². The quantitative estimate of drug-likeness (QED) is 0.393. The molecule has 0 spiro atoms. The Balaban J connectivity index is 1.98. The van der Waals surface area contributed by atoms with Crippen molar-refractivity contribution in [3.8, 4) is 34.5 Å². The van der Waals surface area contributed by atoms with Gasteiger partial charge in [-0.05, 0) is 40.0 Å². The molecule has 1 aliphatic heterocycles. The van der Waals surface area contributed by atoms with E-state index in [0.717, 1.165) is 36.6 Å². The molecule has 0 aromatic heterocycles. The topological polar surface area (TPSA) is 127 Å². The standard InChI is InChI=1S/C25H28O7/c1-13(2)5-4-6-14(3)7-8-16-17(27)11-20(30)24-21(31)12-22(32-25(16)24)23-18(28)9-15(26)10-19(23)29/h5,7,9-11,22,26-30H,4,6,8,12H2,1-3H3/b14-7+. The van der Waals surface area contributed by atoms with E-state index >= 15 is 0 Å². The number of rotatable bonds is 6. The second-order valence-electron chi connectivity index (χ2n) is 8.30. The molecule has 2 aromatic carbocycles. The number of ketones is 1. The number of allylic oxidation sites excluding steroid dienone is 4. The van der Waals surface area contributed by atoms with Crippen molar-refractivity contribution in [2.45, 2.75) is 52.6 Å². The summed E-state index contributed by atoms with van der Waals surface area (Å²) in [6.45, 7) is 6.05. The van der Waals surface area contributed by atoms with Gasteiger partial charge in [0.2, 0.25) is 0 Å². The minimum Gasteiger partial charge on any atom is -0.508 e. The normalized spacial score (nSPS) is 15.8. The number of phenolic OH excluding ortho intramolecular Hbond substituents is 5. The summed E-state index contributed by atoms with van der Waals surface area (Å²) in [4.78, 5) is 12.8. The van der Waals surface area contributed by atoms with E-state index < -0.39 is 29.1 Å². The van der Waals surface area contributed by atoms with Crippen molar-refractivity contribution >= 4 is 5.78 Å². The molecule has 7 nitrogen and oxygen atoms in total. The zero-order valence-corrected chi connectivity index (χ0v) is 18.3. The van der Waals surface area contributed by atoms with E-state index in [4.69, 9.17) is 4.74 Å². The van der Waals surface area contributed by atoms with E-state index in [1.165, 1.54) is 5.57 Å². The molecule has 0 saturated heterocycles. The molecular weight excluding hydrogens is 412 g/mol. The smallest absolute Gasteiger partial charge is 0.174 e. The summed E-state index contributed by atoms with van der Waals surface area (Å²) in [5.41, 5.74) is 2.57. The molecule has 0 saturated carbocycles. The van der Waals surface area contributed by atoms with Crippen LogP contribution in [0.5, 0.6) is 34.5 Å². The highest BCUT2D eigenvalue weighted by molar-refractivity contribution is 6.03. The Kier molecular flexibility index (Phi) is 6.67. The number of hydrogen-bond acceptors (Lipinski definition) is 7. The van der Waals surface area contributed by atoms with Gasteiger partial charge in [-0.1, -0.05) is 23.3 Å². The molecular formula is C25H28O7. The van der Waals surface area contributed by atoms with Gasteiger partial charge in [-0.15, -0.1) is 0 Å². The van der Waals surface area contributed by atoms with Gasteiger partial charge in [0.05, 0.1) is 12.0 Å². The highest BCUT2D eigenvalue weighted by Gasteiger charge is 2.35. The molecule has 1 heterocycles. The number of carbonyl (C=O) groups excluding carboxylic acids is 1. The van der Waals surface area contributed by atoms with E-state index in [1.807, 2.05) is 26.8 Å². The Bertz CT molecular complexity index is 1080. The summed E-state index contributed by atoms with van der Waals surface area (Å²) in [6, 6.07) is 3.20. The van der Waals surface area contributed by atoms with E-state index in [9.17, 15) is 30.3 Å². The van der Waals surface area contributed by atoms with E-state index in [0.29, 0.717) is 5.56 Å². The van der Waals surface area contributed by atoms with Gasteiger partial charge >= 0.3 is 0 Å². The Morgan fingerprint density at radius 3 is 2.25 bits per heavy atom. The predicted octanol–water partition coefficient (Wildman–Crippen LogP) is 5.16. The average molecular weight is 440 g/mol. The fraction of sp³-hybridized carbons (Fsp3) is 0.320. The van der Waals surface area contributed by atoms with Crippen LogP contribution in [-0.4, -0.2) is 31.3 Å². The van der Waals surface area contributed by atoms with Crippen molar-refractivity contribution in [1.29, 1.82) is 0 Å². The lowest BCUT2D eigenvalue weighted by atomic mass is 9.91. The number of carbonyl (C=O) groups is 1. The number of aromatic hydroxyl groups is 5. The molecule has 170 valence electrons.